The third-order valence-corrected chi connectivity index (χ3v) is 3.47. The number of hydrogen-bond donors (Lipinski definition) is 1. The molecule has 0 aliphatic rings. The minimum Gasteiger partial charge on any atom is -0.449 e. The summed E-state index contributed by atoms with van der Waals surface area (Å²) in [5.74, 6) is 1.08. The second-order valence-corrected chi connectivity index (χ2v) is 4.46. The number of aryl methyl sites for hydroxylation is 1. The van der Waals surface area contributed by atoms with E-state index in [1.54, 1.807) is 12.1 Å². The van der Waals surface area contributed by atoms with Crippen molar-refractivity contribution in [3.63, 3.8) is 0 Å². The summed E-state index contributed by atoms with van der Waals surface area (Å²) in [5.41, 5.74) is 2.19. The molecule has 1 N–H and O–H groups in total. The lowest BCUT2D eigenvalue weighted by atomic mass is 10.2. The fourth-order valence-electron chi connectivity index (χ4n) is 1.50. The van der Waals surface area contributed by atoms with Crippen LogP contribution in [0.5, 0.6) is 0 Å². The first-order chi connectivity index (χ1) is 8.20. The van der Waals surface area contributed by atoms with Crippen LogP contribution < -0.4 is 5.32 Å². The van der Waals surface area contributed by atoms with E-state index in [-0.39, 0.29) is 0 Å². The lowest BCUT2D eigenvalue weighted by Gasteiger charge is -2.08. The first-order valence-corrected chi connectivity index (χ1v) is 5.98. The van der Waals surface area contributed by atoms with Gasteiger partial charge in [0.1, 0.15) is 11.8 Å². The van der Waals surface area contributed by atoms with Gasteiger partial charge >= 0.3 is 0 Å². The van der Waals surface area contributed by atoms with E-state index in [1.807, 2.05) is 31.2 Å². The van der Waals surface area contributed by atoms with E-state index in [9.17, 15) is 0 Å². The molecule has 0 unspecified atom stereocenters. The predicted octanol–water partition coefficient (Wildman–Crippen LogP) is 3.83. The highest BCUT2D eigenvalue weighted by atomic mass is 79.9. The Hall–Kier alpha value is -1.73. The fourth-order valence-corrected chi connectivity index (χ4v) is 1.90. The van der Waals surface area contributed by atoms with Crippen LogP contribution in [0.4, 0.5) is 5.69 Å². The molecule has 0 atom stereocenters. The molecule has 0 aliphatic carbocycles. The maximum Gasteiger partial charge on any atom is 0.203 e. The van der Waals surface area contributed by atoms with Crippen LogP contribution in [0.2, 0.25) is 0 Å². The molecule has 3 nitrogen and oxygen atoms in total. The highest BCUT2D eigenvalue weighted by Crippen LogP contribution is 2.26. The molecule has 0 bridgehead atoms. The smallest absolute Gasteiger partial charge is 0.203 e. The molecule has 4 heteroatoms. The molecule has 1 aromatic heterocycles. The van der Waals surface area contributed by atoms with Gasteiger partial charge in [0, 0.05) is 10.2 Å². The fraction of sp³-hybridized carbons (Fsp3) is 0.154. The Morgan fingerprint density at radius 2 is 2.18 bits per heavy atom. The zero-order chi connectivity index (χ0) is 12.3. The molecule has 2 rings (SSSR count). The van der Waals surface area contributed by atoms with Gasteiger partial charge in [-0.15, -0.1) is 0 Å². The number of rotatable bonds is 3. The molecule has 0 spiro atoms. The Morgan fingerprint density at radius 1 is 1.35 bits per heavy atom. The predicted molar refractivity (Wildman–Crippen MR) is 69.6 cm³/mol. The molecule has 86 valence electrons. The van der Waals surface area contributed by atoms with Crippen LogP contribution in [0.15, 0.2) is 39.2 Å². The van der Waals surface area contributed by atoms with Gasteiger partial charge in [0.15, 0.2) is 0 Å². The third kappa shape index (κ3) is 2.69. The average molecular weight is 291 g/mol. The molecule has 2 aromatic rings. The summed E-state index contributed by atoms with van der Waals surface area (Å²) in [6.07, 6.45) is 0. The SMILES string of the molecule is Cc1cccc(NCc2ccc(C#N)o2)c1Br. The van der Waals surface area contributed by atoms with Gasteiger partial charge in [0.25, 0.3) is 0 Å². The number of anilines is 1. The zero-order valence-corrected chi connectivity index (χ0v) is 10.9. The highest BCUT2D eigenvalue weighted by molar-refractivity contribution is 9.10. The molecule has 0 radical (unpaired) electrons. The van der Waals surface area contributed by atoms with Gasteiger partial charge in [-0.05, 0) is 46.6 Å². The van der Waals surface area contributed by atoms with Crippen molar-refractivity contribution in [1.29, 1.82) is 5.26 Å². The lowest BCUT2D eigenvalue weighted by Crippen LogP contribution is -1.99. The largest absolute Gasteiger partial charge is 0.449 e. The van der Waals surface area contributed by atoms with Gasteiger partial charge in [-0.3, -0.25) is 0 Å². The Kier molecular flexibility index (Phi) is 3.50. The number of nitrogens with zero attached hydrogens (tertiary/aromatic N) is 1. The maximum absolute atomic E-state index is 8.65. The lowest BCUT2D eigenvalue weighted by molar-refractivity contribution is 0.506. The van der Waals surface area contributed by atoms with Gasteiger partial charge in [-0.1, -0.05) is 12.1 Å². The van der Waals surface area contributed by atoms with Gasteiger partial charge in [0.05, 0.1) is 6.54 Å². The van der Waals surface area contributed by atoms with Crippen LogP contribution in [0.25, 0.3) is 0 Å². The Bertz CT molecular complexity index is 569. The second kappa shape index (κ2) is 5.07. The van der Waals surface area contributed by atoms with E-state index in [0.29, 0.717) is 12.3 Å². The number of hydrogen-bond acceptors (Lipinski definition) is 3. The van der Waals surface area contributed by atoms with Crippen LogP contribution in [-0.2, 0) is 6.54 Å². The summed E-state index contributed by atoms with van der Waals surface area (Å²) in [6.45, 7) is 2.60. The summed E-state index contributed by atoms with van der Waals surface area (Å²) in [6, 6.07) is 11.5. The molecule has 17 heavy (non-hydrogen) atoms. The van der Waals surface area contributed by atoms with Gasteiger partial charge < -0.3 is 9.73 Å². The normalized spacial score (nSPS) is 9.94. The first-order valence-electron chi connectivity index (χ1n) is 5.18. The van der Waals surface area contributed by atoms with E-state index in [2.05, 4.69) is 21.2 Å². The van der Waals surface area contributed by atoms with Crippen LogP contribution >= 0.6 is 15.9 Å². The van der Waals surface area contributed by atoms with Crippen LogP contribution in [-0.4, -0.2) is 0 Å². The van der Waals surface area contributed by atoms with Crippen LogP contribution in [0.1, 0.15) is 17.1 Å². The number of benzene rings is 1. The standard InChI is InChI=1S/C13H11BrN2O/c1-9-3-2-4-12(13(9)14)16-8-11-6-5-10(7-15)17-11/h2-6,16H,8H2,1H3. The molecule has 0 fully saturated rings. The van der Waals surface area contributed by atoms with Crippen molar-refractivity contribution in [3.8, 4) is 6.07 Å². The first kappa shape index (κ1) is 11.7. The summed E-state index contributed by atoms with van der Waals surface area (Å²) in [4.78, 5) is 0. The van der Waals surface area contributed by atoms with Crippen molar-refractivity contribution in [2.45, 2.75) is 13.5 Å². The average Bonchev–Trinajstić information content (AvgIpc) is 2.79. The van der Waals surface area contributed by atoms with E-state index < -0.39 is 0 Å². The van der Waals surface area contributed by atoms with E-state index in [0.717, 1.165) is 15.9 Å². The van der Waals surface area contributed by atoms with Crippen molar-refractivity contribution in [1.82, 2.24) is 0 Å². The summed E-state index contributed by atoms with van der Waals surface area (Å²) < 4.78 is 6.33. The number of nitrogens with one attached hydrogen (secondary N) is 1. The number of furan rings is 1. The number of nitriles is 1. The second-order valence-electron chi connectivity index (χ2n) is 3.67. The minimum absolute atomic E-state index is 0.338. The molecule has 0 amide bonds. The summed E-state index contributed by atoms with van der Waals surface area (Å²) in [7, 11) is 0. The van der Waals surface area contributed by atoms with Crippen molar-refractivity contribution in [2.24, 2.45) is 0 Å². The Labute approximate surface area is 108 Å². The van der Waals surface area contributed by atoms with Gasteiger partial charge in [-0.2, -0.15) is 5.26 Å². The maximum atomic E-state index is 8.65. The van der Waals surface area contributed by atoms with Crippen LogP contribution in [0, 0.1) is 18.3 Å². The molecule has 0 saturated heterocycles. The summed E-state index contributed by atoms with van der Waals surface area (Å²) >= 11 is 3.53. The third-order valence-electron chi connectivity index (χ3n) is 2.42. The van der Waals surface area contributed by atoms with Crippen LogP contribution in [0.3, 0.4) is 0 Å². The Morgan fingerprint density at radius 3 is 2.88 bits per heavy atom. The number of halogens is 1. The molecule has 1 heterocycles. The zero-order valence-electron chi connectivity index (χ0n) is 9.33. The van der Waals surface area contributed by atoms with Crippen molar-refractivity contribution in [2.75, 3.05) is 5.32 Å². The van der Waals surface area contributed by atoms with E-state index in [4.69, 9.17) is 9.68 Å². The highest BCUT2D eigenvalue weighted by Gasteiger charge is 2.04. The van der Waals surface area contributed by atoms with E-state index >= 15 is 0 Å². The van der Waals surface area contributed by atoms with E-state index in [1.165, 1.54) is 5.56 Å². The van der Waals surface area contributed by atoms with Crippen molar-refractivity contribution >= 4 is 21.6 Å². The molecular weight excluding hydrogens is 280 g/mol. The van der Waals surface area contributed by atoms with Crippen molar-refractivity contribution < 1.29 is 4.42 Å². The van der Waals surface area contributed by atoms with Gasteiger partial charge in [-0.25, -0.2) is 0 Å². The molecule has 1 aromatic carbocycles. The monoisotopic (exact) mass is 290 g/mol. The quantitative estimate of drug-likeness (QED) is 0.934. The Balaban J connectivity index is 2.07. The molecular formula is C13H11BrN2O. The molecule has 0 saturated carbocycles. The van der Waals surface area contributed by atoms with Gasteiger partial charge in [0.2, 0.25) is 5.76 Å². The topological polar surface area (TPSA) is 49.0 Å². The minimum atomic E-state index is 0.338. The van der Waals surface area contributed by atoms with Crippen molar-refractivity contribution in [3.05, 3.63) is 51.9 Å². The molecule has 0 aliphatic heterocycles. The summed E-state index contributed by atoms with van der Waals surface area (Å²) in [5, 5.41) is 11.9.